The summed E-state index contributed by atoms with van der Waals surface area (Å²) in [6, 6.07) is 26.1. The number of benzene rings is 3. The summed E-state index contributed by atoms with van der Waals surface area (Å²) in [6.07, 6.45) is 1.05. The van der Waals surface area contributed by atoms with Gasteiger partial charge in [0.2, 0.25) is 0 Å². The van der Waals surface area contributed by atoms with E-state index in [1.807, 2.05) is 66.1 Å². The van der Waals surface area contributed by atoms with Gasteiger partial charge in [-0.15, -0.1) is 0 Å². The Morgan fingerprint density at radius 2 is 1.53 bits per heavy atom. The molecule has 3 aromatic carbocycles. The van der Waals surface area contributed by atoms with Gasteiger partial charge in [0.15, 0.2) is 0 Å². The average Bonchev–Trinajstić information content (AvgIpc) is 2.78. The lowest BCUT2D eigenvalue weighted by molar-refractivity contribution is 0.619. The Balaban J connectivity index is 1.96. The van der Waals surface area contributed by atoms with Crippen molar-refractivity contribution in [1.82, 2.24) is 9.55 Å². The van der Waals surface area contributed by atoms with Crippen LogP contribution in [0.4, 0.5) is 5.69 Å². The number of rotatable bonds is 6. The monoisotopic (exact) mass is 397 g/mol. The number of hydrogen-bond acceptors (Lipinski definition) is 3. The van der Waals surface area contributed by atoms with E-state index in [9.17, 15) is 4.79 Å². The Morgan fingerprint density at radius 3 is 2.10 bits per heavy atom. The molecule has 4 aromatic rings. The Bertz CT molecular complexity index is 1160. The molecule has 0 atom stereocenters. The summed E-state index contributed by atoms with van der Waals surface area (Å²) in [5.74, 6) is 0.708. The third-order valence-corrected chi connectivity index (χ3v) is 5.55. The molecule has 0 fully saturated rings. The quantitative estimate of drug-likeness (QED) is 0.449. The van der Waals surface area contributed by atoms with Crippen LogP contribution in [0.25, 0.3) is 10.9 Å². The molecule has 0 bridgehead atoms. The van der Waals surface area contributed by atoms with Crippen LogP contribution in [0.2, 0.25) is 0 Å². The molecule has 0 amide bonds. The van der Waals surface area contributed by atoms with E-state index in [1.165, 1.54) is 0 Å². The summed E-state index contributed by atoms with van der Waals surface area (Å²) in [5.41, 5.74) is 3.89. The molecule has 1 aromatic heterocycles. The van der Waals surface area contributed by atoms with E-state index in [-0.39, 0.29) is 11.6 Å². The molecule has 4 heteroatoms. The van der Waals surface area contributed by atoms with Gasteiger partial charge in [-0.3, -0.25) is 9.36 Å². The summed E-state index contributed by atoms with van der Waals surface area (Å²) in [5, 5.41) is 0.651. The molecule has 0 radical (unpaired) electrons. The molecule has 4 nitrogen and oxygen atoms in total. The summed E-state index contributed by atoms with van der Waals surface area (Å²) >= 11 is 0. The van der Waals surface area contributed by atoms with E-state index < -0.39 is 0 Å². The van der Waals surface area contributed by atoms with E-state index >= 15 is 0 Å². The molecule has 30 heavy (non-hydrogen) atoms. The van der Waals surface area contributed by atoms with Crippen molar-refractivity contribution in [2.75, 3.05) is 18.5 Å². The van der Waals surface area contributed by atoms with Gasteiger partial charge in [0.1, 0.15) is 5.82 Å². The normalized spacial score (nSPS) is 11.2. The molecular weight excluding hydrogens is 370 g/mol. The SMILES string of the molecule is CCCN(C)c1ccc2nc(C)n(C(c3ccccc3)c3ccccc3)c(=O)c2c1. The zero-order chi connectivity index (χ0) is 21.1. The van der Waals surface area contributed by atoms with E-state index in [2.05, 4.69) is 43.1 Å². The molecule has 0 saturated carbocycles. The van der Waals surface area contributed by atoms with Crippen LogP contribution in [0.15, 0.2) is 83.7 Å². The van der Waals surface area contributed by atoms with Gasteiger partial charge in [0.05, 0.1) is 16.9 Å². The van der Waals surface area contributed by atoms with Crippen molar-refractivity contribution in [3.8, 4) is 0 Å². The Kier molecular flexibility index (Phi) is 5.66. The molecule has 0 aliphatic rings. The molecule has 0 unspecified atom stereocenters. The van der Waals surface area contributed by atoms with Crippen molar-refractivity contribution in [2.45, 2.75) is 26.3 Å². The maximum absolute atomic E-state index is 13.8. The predicted molar refractivity (Wildman–Crippen MR) is 124 cm³/mol. The minimum Gasteiger partial charge on any atom is -0.375 e. The molecular formula is C26H27N3O. The molecule has 0 aliphatic heterocycles. The minimum atomic E-state index is -0.228. The molecule has 0 aliphatic carbocycles. The summed E-state index contributed by atoms with van der Waals surface area (Å²) < 4.78 is 1.83. The number of nitrogens with zero attached hydrogens (tertiary/aromatic N) is 3. The average molecular weight is 398 g/mol. The van der Waals surface area contributed by atoms with Crippen LogP contribution in [0, 0.1) is 6.92 Å². The van der Waals surface area contributed by atoms with Crippen molar-refractivity contribution < 1.29 is 0 Å². The third-order valence-electron chi connectivity index (χ3n) is 5.55. The second kappa shape index (κ2) is 8.54. The fraction of sp³-hybridized carbons (Fsp3) is 0.231. The van der Waals surface area contributed by atoms with Crippen molar-refractivity contribution in [3.05, 3.63) is 106 Å². The van der Waals surface area contributed by atoms with Gasteiger partial charge in [-0.05, 0) is 42.7 Å². The molecule has 4 rings (SSSR count). The van der Waals surface area contributed by atoms with Crippen LogP contribution in [-0.2, 0) is 0 Å². The highest BCUT2D eigenvalue weighted by molar-refractivity contribution is 5.82. The van der Waals surface area contributed by atoms with Crippen molar-refractivity contribution >= 4 is 16.6 Å². The van der Waals surface area contributed by atoms with Gasteiger partial charge in [-0.25, -0.2) is 4.98 Å². The fourth-order valence-corrected chi connectivity index (χ4v) is 4.07. The number of fused-ring (bicyclic) bond motifs is 1. The minimum absolute atomic E-state index is 0.0121. The Labute approximate surface area is 177 Å². The van der Waals surface area contributed by atoms with Crippen LogP contribution >= 0.6 is 0 Å². The van der Waals surface area contributed by atoms with Gasteiger partial charge in [0, 0.05) is 19.3 Å². The second-order valence-corrected chi connectivity index (χ2v) is 7.68. The van der Waals surface area contributed by atoms with Gasteiger partial charge >= 0.3 is 0 Å². The largest absolute Gasteiger partial charge is 0.375 e. The topological polar surface area (TPSA) is 38.1 Å². The predicted octanol–water partition coefficient (Wildman–Crippen LogP) is 5.19. The van der Waals surface area contributed by atoms with Crippen LogP contribution in [-0.4, -0.2) is 23.1 Å². The highest BCUT2D eigenvalue weighted by Gasteiger charge is 2.21. The van der Waals surface area contributed by atoms with E-state index in [0.717, 1.165) is 35.3 Å². The maximum Gasteiger partial charge on any atom is 0.262 e. The third kappa shape index (κ3) is 3.73. The molecule has 152 valence electrons. The standard InChI is InChI=1S/C26H27N3O/c1-4-17-28(3)22-15-16-24-23(18-22)26(30)29(19(2)27-24)25(20-11-7-5-8-12-20)21-13-9-6-10-14-21/h5-16,18,25H,4,17H2,1-3H3. The smallest absolute Gasteiger partial charge is 0.262 e. The lowest BCUT2D eigenvalue weighted by Gasteiger charge is -2.24. The van der Waals surface area contributed by atoms with Gasteiger partial charge in [0.25, 0.3) is 5.56 Å². The zero-order valence-corrected chi connectivity index (χ0v) is 17.7. The van der Waals surface area contributed by atoms with E-state index in [4.69, 9.17) is 4.98 Å². The Hall–Kier alpha value is -3.40. The molecule has 1 heterocycles. The van der Waals surface area contributed by atoms with Crippen molar-refractivity contribution in [3.63, 3.8) is 0 Å². The van der Waals surface area contributed by atoms with E-state index in [0.29, 0.717) is 11.2 Å². The van der Waals surface area contributed by atoms with Crippen LogP contribution < -0.4 is 10.5 Å². The van der Waals surface area contributed by atoms with Crippen LogP contribution in [0.1, 0.15) is 36.3 Å². The summed E-state index contributed by atoms with van der Waals surface area (Å²) in [6.45, 7) is 5.01. The number of aryl methyl sites for hydroxylation is 1. The van der Waals surface area contributed by atoms with E-state index in [1.54, 1.807) is 0 Å². The highest BCUT2D eigenvalue weighted by Crippen LogP contribution is 2.27. The fourth-order valence-electron chi connectivity index (χ4n) is 4.07. The number of hydrogen-bond donors (Lipinski definition) is 0. The van der Waals surface area contributed by atoms with Gasteiger partial charge < -0.3 is 4.90 Å². The van der Waals surface area contributed by atoms with Crippen LogP contribution in [0.3, 0.4) is 0 Å². The molecule has 0 spiro atoms. The number of aromatic nitrogens is 2. The second-order valence-electron chi connectivity index (χ2n) is 7.68. The first-order valence-electron chi connectivity index (χ1n) is 10.4. The van der Waals surface area contributed by atoms with Crippen molar-refractivity contribution in [1.29, 1.82) is 0 Å². The number of anilines is 1. The van der Waals surface area contributed by atoms with Crippen molar-refractivity contribution in [2.24, 2.45) is 0 Å². The summed E-state index contributed by atoms with van der Waals surface area (Å²) in [4.78, 5) is 20.7. The first-order valence-corrected chi connectivity index (χ1v) is 10.4. The molecule has 0 N–H and O–H groups in total. The first-order chi connectivity index (χ1) is 14.6. The molecule has 0 saturated heterocycles. The van der Waals surface area contributed by atoms with Gasteiger partial charge in [-0.2, -0.15) is 0 Å². The zero-order valence-electron chi connectivity index (χ0n) is 17.7. The lowest BCUT2D eigenvalue weighted by Crippen LogP contribution is -2.29. The van der Waals surface area contributed by atoms with Crippen LogP contribution in [0.5, 0.6) is 0 Å². The maximum atomic E-state index is 13.8. The summed E-state index contributed by atoms with van der Waals surface area (Å²) in [7, 11) is 2.06. The Morgan fingerprint density at radius 1 is 0.933 bits per heavy atom. The highest BCUT2D eigenvalue weighted by atomic mass is 16.1. The first kappa shape index (κ1) is 19.9. The van der Waals surface area contributed by atoms with Gasteiger partial charge in [-0.1, -0.05) is 67.6 Å². The lowest BCUT2D eigenvalue weighted by atomic mass is 9.98.